The normalized spacial score (nSPS) is 13.3. The summed E-state index contributed by atoms with van der Waals surface area (Å²) in [6.45, 7) is -0.508. The van der Waals surface area contributed by atoms with Gasteiger partial charge in [-0.2, -0.15) is 36.7 Å². The lowest BCUT2D eigenvalue weighted by Crippen LogP contribution is -2.29. The third-order valence-corrected chi connectivity index (χ3v) is 8.49. The maximum absolute atomic E-state index is 13.5. The Hall–Kier alpha value is -2.80. The Labute approximate surface area is 224 Å². The molecule has 1 atom stereocenters. The fourth-order valence-electron chi connectivity index (χ4n) is 3.29. The lowest BCUT2D eigenvalue weighted by atomic mass is 10.2. The summed E-state index contributed by atoms with van der Waals surface area (Å²) in [5, 5.41) is 11.7. The molecule has 0 fully saturated rings. The largest absolute Gasteiger partial charge is 0.476 e. The molecular formula is C21H14Cl2F6N4O3S2. The maximum atomic E-state index is 13.5. The fourth-order valence-corrected chi connectivity index (χ4v) is 6.16. The van der Waals surface area contributed by atoms with E-state index in [0.717, 1.165) is 11.9 Å². The molecule has 0 aliphatic heterocycles. The minimum atomic E-state index is -5.38. The molecule has 1 heterocycles. The van der Waals surface area contributed by atoms with Crippen LogP contribution < -0.4 is 4.90 Å². The first-order valence-electron chi connectivity index (χ1n) is 10.1. The molecule has 1 aromatic heterocycles. The molecule has 0 aliphatic carbocycles. The van der Waals surface area contributed by atoms with Crippen LogP contribution in [0, 0.1) is 11.3 Å². The van der Waals surface area contributed by atoms with Crippen LogP contribution in [0.3, 0.4) is 0 Å². The minimum absolute atomic E-state index is 0.0764. The van der Waals surface area contributed by atoms with Crippen molar-refractivity contribution in [2.75, 3.05) is 24.2 Å². The van der Waals surface area contributed by atoms with Gasteiger partial charge in [0.2, 0.25) is 0 Å². The second kappa shape index (κ2) is 10.8. The third kappa shape index (κ3) is 6.09. The van der Waals surface area contributed by atoms with E-state index in [1.807, 2.05) is 0 Å². The Balaban J connectivity index is 2.22. The molecule has 204 valence electrons. The highest BCUT2D eigenvalue weighted by Gasteiger charge is 2.44. The van der Waals surface area contributed by atoms with Crippen LogP contribution in [-0.4, -0.2) is 47.3 Å². The molecule has 3 aromatic rings. The smallest absolute Gasteiger partial charge is 0.357 e. The summed E-state index contributed by atoms with van der Waals surface area (Å²) in [6, 6.07) is 9.37. The van der Waals surface area contributed by atoms with Gasteiger partial charge >= 0.3 is 11.7 Å². The SMILES string of the molecule is CN(CCS(=O)(=O)c1ccccc1)c1c(S(=O)C(F)(F)F)c(C#N)nn1-c1c(Cl)cc(C(F)(F)F)cc1Cl. The number of aromatic nitrogens is 2. The molecule has 2 aromatic carbocycles. The molecule has 1 unspecified atom stereocenters. The van der Waals surface area contributed by atoms with Gasteiger partial charge in [0.15, 0.2) is 26.3 Å². The summed E-state index contributed by atoms with van der Waals surface area (Å²) in [5.74, 6) is -1.35. The topological polar surface area (TPSA) is 96.1 Å². The van der Waals surface area contributed by atoms with E-state index in [1.54, 1.807) is 6.07 Å². The van der Waals surface area contributed by atoms with Crippen LogP contribution in [0.1, 0.15) is 11.3 Å². The summed E-state index contributed by atoms with van der Waals surface area (Å²) >= 11 is 12.0. The molecule has 0 saturated carbocycles. The number of halogens is 8. The number of nitrogens with zero attached hydrogens (tertiary/aromatic N) is 4. The van der Waals surface area contributed by atoms with Gasteiger partial charge in [-0.15, -0.1) is 0 Å². The molecule has 38 heavy (non-hydrogen) atoms. The highest BCUT2D eigenvalue weighted by atomic mass is 35.5. The van der Waals surface area contributed by atoms with Gasteiger partial charge < -0.3 is 4.90 Å². The fraction of sp³-hybridized carbons (Fsp3) is 0.238. The van der Waals surface area contributed by atoms with Gasteiger partial charge in [0, 0.05) is 13.6 Å². The monoisotopic (exact) mass is 618 g/mol. The van der Waals surface area contributed by atoms with Crippen molar-refractivity contribution in [3.63, 3.8) is 0 Å². The number of hydrogen-bond acceptors (Lipinski definition) is 6. The third-order valence-electron chi connectivity index (χ3n) is 5.04. The van der Waals surface area contributed by atoms with E-state index in [4.69, 9.17) is 23.2 Å². The Morgan fingerprint density at radius 1 is 1.08 bits per heavy atom. The molecular weight excluding hydrogens is 605 g/mol. The summed E-state index contributed by atoms with van der Waals surface area (Å²) in [4.78, 5) is -0.309. The van der Waals surface area contributed by atoms with Crippen molar-refractivity contribution < 1.29 is 39.0 Å². The van der Waals surface area contributed by atoms with Crippen LogP contribution in [0.15, 0.2) is 52.3 Å². The van der Waals surface area contributed by atoms with Crippen LogP contribution >= 0.6 is 23.2 Å². The van der Waals surface area contributed by atoms with Crippen LogP contribution in [0.4, 0.5) is 32.2 Å². The lowest BCUT2D eigenvalue weighted by molar-refractivity contribution is -0.137. The van der Waals surface area contributed by atoms with E-state index in [-0.39, 0.29) is 4.90 Å². The highest BCUT2D eigenvalue weighted by Crippen LogP contribution is 2.42. The van der Waals surface area contributed by atoms with E-state index in [1.165, 1.54) is 30.3 Å². The summed E-state index contributed by atoms with van der Waals surface area (Å²) in [5.41, 5.74) is -8.18. The molecule has 3 rings (SSSR count). The standard InChI is InChI=1S/C21H14Cl2F6N4O3S2/c1-32(7-8-38(35,36)13-5-3-2-4-6-13)19-18(37(34)21(27,28)29)16(11-30)31-33(19)17-14(22)9-12(10-15(17)23)20(24,25)26/h2-6,9-10H,7-8H2,1H3. The van der Waals surface area contributed by atoms with E-state index in [0.29, 0.717) is 16.8 Å². The predicted octanol–water partition coefficient (Wildman–Crippen LogP) is 5.61. The van der Waals surface area contributed by atoms with Crippen molar-refractivity contribution in [1.82, 2.24) is 9.78 Å². The second-order valence-corrected chi connectivity index (χ2v) is 11.9. The zero-order chi connectivity index (χ0) is 28.6. The summed E-state index contributed by atoms with van der Waals surface area (Å²) in [7, 11) is -6.68. The quantitative estimate of drug-likeness (QED) is 0.320. The molecule has 0 bridgehead atoms. The highest BCUT2D eigenvalue weighted by molar-refractivity contribution is 7.91. The Morgan fingerprint density at radius 3 is 2.11 bits per heavy atom. The molecule has 0 N–H and O–H groups in total. The van der Waals surface area contributed by atoms with Gasteiger partial charge in [-0.25, -0.2) is 17.3 Å². The lowest BCUT2D eigenvalue weighted by Gasteiger charge is -2.23. The van der Waals surface area contributed by atoms with Crippen molar-refractivity contribution in [1.29, 1.82) is 5.26 Å². The van der Waals surface area contributed by atoms with Crippen LogP contribution in [0.5, 0.6) is 0 Å². The molecule has 0 radical (unpaired) electrons. The first-order chi connectivity index (χ1) is 17.5. The van der Waals surface area contributed by atoms with Crippen LogP contribution in [0.2, 0.25) is 10.0 Å². The minimum Gasteiger partial charge on any atom is -0.357 e. The van der Waals surface area contributed by atoms with Crippen molar-refractivity contribution in [2.45, 2.75) is 21.5 Å². The Morgan fingerprint density at radius 2 is 1.63 bits per heavy atom. The van der Waals surface area contributed by atoms with Gasteiger partial charge in [-0.3, -0.25) is 0 Å². The molecule has 7 nitrogen and oxygen atoms in total. The predicted molar refractivity (Wildman–Crippen MR) is 128 cm³/mol. The first-order valence-corrected chi connectivity index (χ1v) is 13.6. The second-order valence-electron chi connectivity index (χ2n) is 7.58. The number of hydrogen-bond donors (Lipinski definition) is 0. The zero-order valence-corrected chi connectivity index (χ0v) is 22.0. The molecule has 0 spiro atoms. The van der Waals surface area contributed by atoms with Gasteiger partial charge in [-0.1, -0.05) is 41.4 Å². The van der Waals surface area contributed by atoms with E-state index in [9.17, 15) is 44.2 Å². The summed E-state index contributed by atoms with van der Waals surface area (Å²) < 4.78 is 118. The molecule has 0 aliphatic rings. The first kappa shape index (κ1) is 29.8. The number of nitriles is 1. The molecule has 0 amide bonds. The molecule has 0 saturated heterocycles. The van der Waals surface area contributed by atoms with E-state index >= 15 is 0 Å². The Bertz CT molecular complexity index is 1510. The molecule has 17 heteroatoms. The van der Waals surface area contributed by atoms with Gasteiger partial charge in [0.1, 0.15) is 22.5 Å². The van der Waals surface area contributed by atoms with Crippen molar-refractivity contribution in [3.8, 4) is 11.8 Å². The zero-order valence-electron chi connectivity index (χ0n) is 18.8. The van der Waals surface area contributed by atoms with E-state index in [2.05, 4.69) is 5.10 Å². The van der Waals surface area contributed by atoms with Crippen molar-refractivity contribution >= 4 is 49.7 Å². The van der Waals surface area contributed by atoms with Crippen molar-refractivity contribution in [3.05, 3.63) is 63.8 Å². The average Bonchev–Trinajstić information content (AvgIpc) is 3.20. The number of anilines is 1. The number of benzene rings is 2. The van der Waals surface area contributed by atoms with Gasteiger partial charge in [0.25, 0.3) is 0 Å². The Kier molecular flexibility index (Phi) is 8.42. The number of alkyl halides is 6. The maximum Gasteiger partial charge on any atom is 0.476 e. The van der Waals surface area contributed by atoms with Gasteiger partial charge in [0.05, 0.1) is 26.3 Å². The van der Waals surface area contributed by atoms with Gasteiger partial charge in [-0.05, 0) is 24.3 Å². The summed E-state index contributed by atoms with van der Waals surface area (Å²) in [6.07, 6.45) is -4.87. The number of sulfone groups is 1. The number of rotatable bonds is 7. The average molecular weight is 619 g/mol. The van der Waals surface area contributed by atoms with Crippen LogP contribution in [-0.2, 0) is 26.8 Å². The van der Waals surface area contributed by atoms with E-state index < -0.39 is 82.3 Å². The van der Waals surface area contributed by atoms with Crippen molar-refractivity contribution in [2.24, 2.45) is 0 Å². The van der Waals surface area contributed by atoms with Crippen LogP contribution in [0.25, 0.3) is 5.69 Å².